The SMILES string of the molecule is COCCn1c(N)c(N(Cc2ccccc2)C(=O)c2cc(OC)c(OC)c(OC)c2)c(=O)[nH]c1=O. The first-order chi connectivity index (χ1) is 16.9. The highest BCUT2D eigenvalue weighted by molar-refractivity contribution is 6.07. The van der Waals surface area contributed by atoms with Crippen LogP contribution in [-0.4, -0.2) is 50.5 Å². The van der Waals surface area contributed by atoms with Gasteiger partial charge in [-0.15, -0.1) is 0 Å². The number of methoxy groups -OCH3 is 4. The van der Waals surface area contributed by atoms with Crippen LogP contribution in [0.4, 0.5) is 11.5 Å². The summed E-state index contributed by atoms with van der Waals surface area (Å²) in [5.41, 5.74) is 5.51. The number of nitrogens with two attached hydrogens (primary N) is 1. The number of hydrogen-bond donors (Lipinski definition) is 2. The van der Waals surface area contributed by atoms with Gasteiger partial charge in [-0.3, -0.25) is 24.0 Å². The first-order valence-electron chi connectivity index (χ1n) is 10.6. The van der Waals surface area contributed by atoms with Gasteiger partial charge >= 0.3 is 5.69 Å². The molecule has 0 fully saturated rings. The topological polar surface area (TPSA) is 138 Å². The molecule has 0 saturated heterocycles. The van der Waals surface area contributed by atoms with E-state index < -0.39 is 17.2 Å². The van der Waals surface area contributed by atoms with E-state index >= 15 is 0 Å². The van der Waals surface area contributed by atoms with Crippen LogP contribution in [-0.2, 0) is 17.8 Å². The molecule has 0 aliphatic heterocycles. The Hall–Kier alpha value is -4.25. The first-order valence-corrected chi connectivity index (χ1v) is 10.6. The lowest BCUT2D eigenvalue weighted by Gasteiger charge is -2.25. The Morgan fingerprint density at radius 3 is 2.17 bits per heavy atom. The summed E-state index contributed by atoms with van der Waals surface area (Å²) < 4.78 is 22.3. The van der Waals surface area contributed by atoms with Gasteiger partial charge in [-0.1, -0.05) is 30.3 Å². The van der Waals surface area contributed by atoms with E-state index in [0.29, 0.717) is 5.75 Å². The molecule has 0 unspecified atom stereocenters. The fraction of sp³-hybridized carbons (Fsp3) is 0.292. The van der Waals surface area contributed by atoms with Crippen molar-refractivity contribution in [1.29, 1.82) is 0 Å². The number of aromatic amines is 1. The number of nitrogen functional groups attached to an aromatic ring is 1. The van der Waals surface area contributed by atoms with Crippen molar-refractivity contribution in [3.8, 4) is 17.2 Å². The van der Waals surface area contributed by atoms with Crippen LogP contribution in [0.3, 0.4) is 0 Å². The van der Waals surface area contributed by atoms with Crippen molar-refractivity contribution in [1.82, 2.24) is 9.55 Å². The minimum Gasteiger partial charge on any atom is -0.493 e. The standard InChI is InChI=1S/C24H28N4O7/c1-32-11-10-27-21(25)19(22(29)26-24(27)31)28(14-15-8-6-5-7-9-15)23(30)16-12-17(33-2)20(35-4)18(13-16)34-3/h5-9,12-13H,10-11,14,25H2,1-4H3,(H,26,29,31). The number of hydrogen-bond acceptors (Lipinski definition) is 8. The molecule has 3 aromatic rings. The van der Waals surface area contributed by atoms with E-state index in [1.54, 1.807) is 12.1 Å². The first kappa shape index (κ1) is 25.4. The van der Waals surface area contributed by atoms with Gasteiger partial charge in [-0.05, 0) is 17.7 Å². The van der Waals surface area contributed by atoms with Gasteiger partial charge in [0, 0.05) is 12.7 Å². The quantitative estimate of drug-likeness (QED) is 0.443. The van der Waals surface area contributed by atoms with Gasteiger partial charge in [0.2, 0.25) is 5.75 Å². The zero-order valence-corrected chi connectivity index (χ0v) is 20.0. The number of carbonyl (C=O) groups excluding carboxylic acids is 1. The summed E-state index contributed by atoms with van der Waals surface area (Å²) in [7, 11) is 5.79. The van der Waals surface area contributed by atoms with Crippen LogP contribution in [0.25, 0.3) is 0 Å². The van der Waals surface area contributed by atoms with Crippen molar-refractivity contribution in [2.75, 3.05) is 45.7 Å². The molecule has 11 nitrogen and oxygen atoms in total. The predicted octanol–water partition coefficient (Wildman–Crippen LogP) is 1.64. The number of rotatable bonds is 10. The van der Waals surface area contributed by atoms with Gasteiger partial charge in [0.25, 0.3) is 11.5 Å². The number of anilines is 2. The van der Waals surface area contributed by atoms with Gasteiger partial charge in [-0.25, -0.2) is 4.79 Å². The Balaban J connectivity index is 2.22. The smallest absolute Gasteiger partial charge is 0.330 e. The fourth-order valence-electron chi connectivity index (χ4n) is 3.62. The summed E-state index contributed by atoms with van der Waals surface area (Å²) >= 11 is 0. The summed E-state index contributed by atoms with van der Waals surface area (Å²) in [6, 6.07) is 12.0. The molecule has 2 aromatic carbocycles. The number of nitrogens with one attached hydrogen (secondary N) is 1. The van der Waals surface area contributed by atoms with Gasteiger partial charge in [0.1, 0.15) is 5.82 Å². The van der Waals surface area contributed by atoms with E-state index in [4.69, 9.17) is 24.7 Å². The van der Waals surface area contributed by atoms with Crippen molar-refractivity contribution < 1.29 is 23.7 Å². The molecule has 186 valence electrons. The minimum absolute atomic E-state index is 0.00605. The lowest BCUT2D eigenvalue weighted by Crippen LogP contribution is -2.41. The number of nitrogens with zero attached hydrogens (tertiary/aromatic N) is 2. The van der Waals surface area contributed by atoms with Crippen LogP contribution in [0.5, 0.6) is 17.2 Å². The van der Waals surface area contributed by atoms with Crippen molar-refractivity contribution in [2.45, 2.75) is 13.1 Å². The molecule has 0 bridgehead atoms. The second-order valence-electron chi connectivity index (χ2n) is 7.43. The van der Waals surface area contributed by atoms with Gasteiger partial charge in [0.15, 0.2) is 17.2 Å². The number of carbonyl (C=O) groups is 1. The Morgan fingerprint density at radius 2 is 1.63 bits per heavy atom. The molecule has 0 atom stereocenters. The average Bonchev–Trinajstić information content (AvgIpc) is 2.87. The van der Waals surface area contributed by atoms with Crippen LogP contribution < -0.4 is 36.1 Å². The molecular weight excluding hydrogens is 456 g/mol. The second-order valence-corrected chi connectivity index (χ2v) is 7.43. The molecule has 1 heterocycles. The Morgan fingerprint density at radius 1 is 1.00 bits per heavy atom. The number of aromatic nitrogens is 2. The van der Waals surface area contributed by atoms with Gasteiger partial charge in [-0.2, -0.15) is 0 Å². The number of ether oxygens (including phenoxy) is 4. The zero-order chi connectivity index (χ0) is 25.5. The normalized spacial score (nSPS) is 10.6. The van der Waals surface area contributed by atoms with E-state index in [2.05, 4.69) is 4.98 Å². The highest BCUT2D eigenvalue weighted by Crippen LogP contribution is 2.39. The van der Waals surface area contributed by atoms with Gasteiger partial charge < -0.3 is 24.7 Å². The third-order valence-electron chi connectivity index (χ3n) is 5.34. The molecule has 0 aliphatic carbocycles. The Kier molecular flexibility index (Phi) is 8.16. The molecule has 1 amide bonds. The van der Waals surface area contributed by atoms with Crippen molar-refractivity contribution in [3.63, 3.8) is 0 Å². The van der Waals surface area contributed by atoms with Crippen LogP contribution in [0, 0.1) is 0 Å². The molecule has 0 spiro atoms. The molecule has 11 heteroatoms. The largest absolute Gasteiger partial charge is 0.493 e. The van der Waals surface area contributed by atoms with Crippen molar-refractivity contribution in [2.24, 2.45) is 0 Å². The second kappa shape index (κ2) is 11.3. The third kappa shape index (κ3) is 5.30. The molecule has 35 heavy (non-hydrogen) atoms. The number of benzene rings is 2. The Labute approximate surface area is 201 Å². The number of amides is 1. The van der Waals surface area contributed by atoms with E-state index in [0.717, 1.165) is 10.1 Å². The molecule has 3 rings (SSSR count). The minimum atomic E-state index is -0.794. The molecule has 0 saturated carbocycles. The molecule has 3 N–H and O–H groups in total. The van der Waals surface area contributed by atoms with E-state index in [9.17, 15) is 14.4 Å². The summed E-state index contributed by atoms with van der Waals surface area (Å²) in [5.74, 6) is 0.116. The van der Waals surface area contributed by atoms with Crippen LogP contribution in [0.15, 0.2) is 52.1 Å². The fourth-order valence-corrected chi connectivity index (χ4v) is 3.62. The van der Waals surface area contributed by atoms with Crippen molar-refractivity contribution >= 4 is 17.4 Å². The maximum absolute atomic E-state index is 13.9. The Bertz CT molecular complexity index is 1280. The average molecular weight is 485 g/mol. The maximum Gasteiger partial charge on any atom is 0.330 e. The molecule has 1 aromatic heterocycles. The zero-order valence-electron chi connectivity index (χ0n) is 20.0. The summed E-state index contributed by atoms with van der Waals surface area (Å²) in [6.07, 6.45) is 0. The lowest BCUT2D eigenvalue weighted by atomic mass is 10.1. The number of H-pyrrole nitrogens is 1. The third-order valence-corrected chi connectivity index (χ3v) is 5.34. The monoisotopic (exact) mass is 484 g/mol. The molecular formula is C24H28N4O7. The highest BCUT2D eigenvalue weighted by Gasteiger charge is 2.27. The highest BCUT2D eigenvalue weighted by atomic mass is 16.5. The summed E-state index contributed by atoms with van der Waals surface area (Å²) in [6.45, 7) is 0.268. The van der Waals surface area contributed by atoms with Gasteiger partial charge in [0.05, 0.1) is 41.0 Å². The van der Waals surface area contributed by atoms with Crippen molar-refractivity contribution in [3.05, 3.63) is 74.4 Å². The van der Waals surface area contributed by atoms with E-state index in [1.165, 1.54) is 45.5 Å². The molecule has 0 radical (unpaired) electrons. The van der Waals surface area contributed by atoms with Crippen LogP contribution >= 0.6 is 0 Å². The summed E-state index contributed by atoms with van der Waals surface area (Å²) in [5, 5.41) is 0. The lowest BCUT2D eigenvalue weighted by molar-refractivity contribution is 0.0984. The molecule has 0 aliphatic rings. The van der Waals surface area contributed by atoms with E-state index in [-0.39, 0.29) is 48.3 Å². The van der Waals surface area contributed by atoms with Crippen LogP contribution in [0.2, 0.25) is 0 Å². The summed E-state index contributed by atoms with van der Waals surface area (Å²) in [4.78, 5) is 42.7. The van der Waals surface area contributed by atoms with Crippen LogP contribution in [0.1, 0.15) is 15.9 Å². The maximum atomic E-state index is 13.9. The predicted molar refractivity (Wildman–Crippen MR) is 131 cm³/mol. The van der Waals surface area contributed by atoms with E-state index in [1.807, 2.05) is 18.2 Å².